The number of rotatable bonds is 5. The summed E-state index contributed by atoms with van der Waals surface area (Å²) in [4.78, 5) is 0. The predicted octanol–water partition coefficient (Wildman–Crippen LogP) is 4.16. The number of nitrogens with one attached hydrogen (secondary N) is 1. The van der Waals surface area contributed by atoms with Gasteiger partial charge in [0, 0.05) is 12.6 Å². The highest BCUT2D eigenvalue weighted by Gasteiger charge is 2.05. The Balaban J connectivity index is 1.98. The second-order valence-electron chi connectivity index (χ2n) is 5.37. The van der Waals surface area contributed by atoms with Crippen molar-refractivity contribution in [2.24, 2.45) is 0 Å². The quantitative estimate of drug-likeness (QED) is 0.880. The summed E-state index contributed by atoms with van der Waals surface area (Å²) in [5.41, 5.74) is 5.25. The molecule has 0 aliphatic heterocycles. The van der Waals surface area contributed by atoms with E-state index in [1.165, 1.54) is 22.3 Å². The molecule has 0 aromatic heterocycles. The van der Waals surface area contributed by atoms with Gasteiger partial charge < -0.3 is 10.1 Å². The van der Waals surface area contributed by atoms with E-state index in [0.717, 1.165) is 12.3 Å². The molecule has 2 aromatic rings. The first kappa shape index (κ1) is 14.6. The number of hydrogen-bond donors (Lipinski definition) is 1. The van der Waals surface area contributed by atoms with Crippen LogP contribution in [0.25, 0.3) is 0 Å². The van der Waals surface area contributed by atoms with Gasteiger partial charge in [-0.25, -0.2) is 0 Å². The summed E-state index contributed by atoms with van der Waals surface area (Å²) in [6, 6.07) is 15.2. The lowest BCUT2D eigenvalue weighted by molar-refractivity contribution is 0.414. The fraction of sp³-hybridized carbons (Fsp3) is 0.333. The molecule has 20 heavy (non-hydrogen) atoms. The Morgan fingerprint density at radius 1 is 1.00 bits per heavy atom. The van der Waals surface area contributed by atoms with Crippen molar-refractivity contribution >= 4 is 0 Å². The molecule has 2 rings (SSSR count). The molecule has 1 atom stereocenters. The van der Waals surface area contributed by atoms with Gasteiger partial charge in [-0.15, -0.1) is 0 Å². The summed E-state index contributed by atoms with van der Waals surface area (Å²) >= 11 is 0. The molecule has 0 saturated carbocycles. The van der Waals surface area contributed by atoms with Crippen LogP contribution in [-0.4, -0.2) is 7.11 Å². The molecular formula is C18H23NO. The van der Waals surface area contributed by atoms with Gasteiger partial charge >= 0.3 is 0 Å². The van der Waals surface area contributed by atoms with E-state index in [1.54, 1.807) is 7.11 Å². The molecule has 2 aromatic carbocycles. The molecule has 0 bridgehead atoms. The van der Waals surface area contributed by atoms with E-state index < -0.39 is 0 Å². The summed E-state index contributed by atoms with van der Waals surface area (Å²) in [5, 5.41) is 3.57. The highest BCUT2D eigenvalue weighted by molar-refractivity contribution is 5.30. The van der Waals surface area contributed by atoms with Gasteiger partial charge in [0.1, 0.15) is 5.75 Å². The van der Waals surface area contributed by atoms with Gasteiger partial charge in [-0.1, -0.05) is 41.5 Å². The average molecular weight is 269 g/mol. The molecule has 0 unspecified atom stereocenters. The van der Waals surface area contributed by atoms with Crippen LogP contribution in [0.4, 0.5) is 0 Å². The Labute approximate surface area is 121 Å². The van der Waals surface area contributed by atoms with E-state index in [0.29, 0.717) is 6.04 Å². The minimum Gasteiger partial charge on any atom is -0.497 e. The first-order valence-electron chi connectivity index (χ1n) is 7.03. The second kappa shape index (κ2) is 6.58. The summed E-state index contributed by atoms with van der Waals surface area (Å²) in [6.07, 6.45) is 0. The van der Waals surface area contributed by atoms with Crippen LogP contribution in [-0.2, 0) is 6.54 Å². The second-order valence-corrected chi connectivity index (χ2v) is 5.37. The van der Waals surface area contributed by atoms with Gasteiger partial charge in [-0.2, -0.15) is 0 Å². The summed E-state index contributed by atoms with van der Waals surface area (Å²) < 4.78 is 5.18. The van der Waals surface area contributed by atoms with Crippen LogP contribution in [0.1, 0.15) is 35.2 Å². The zero-order valence-corrected chi connectivity index (χ0v) is 12.7. The lowest BCUT2D eigenvalue weighted by Gasteiger charge is -2.15. The Kier molecular flexibility index (Phi) is 4.80. The zero-order chi connectivity index (χ0) is 14.5. The first-order valence-corrected chi connectivity index (χ1v) is 7.03. The van der Waals surface area contributed by atoms with Crippen molar-refractivity contribution in [3.8, 4) is 5.75 Å². The van der Waals surface area contributed by atoms with E-state index in [2.05, 4.69) is 56.4 Å². The maximum Gasteiger partial charge on any atom is 0.118 e. The van der Waals surface area contributed by atoms with Gasteiger partial charge in [0.2, 0.25) is 0 Å². The van der Waals surface area contributed by atoms with E-state index >= 15 is 0 Å². The molecule has 0 amide bonds. The van der Waals surface area contributed by atoms with E-state index in [9.17, 15) is 0 Å². The average Bonchev–Trinajstić information content (AvgIpc) is 2.44. The van der Waals surface area contributed by atoms with Gasteiger partial charge in [0.05, 0.1) is 7.11 Å². The van der Waals surface area contributed by atoms with Crippen molar-refractivity contribution in [1.82, 2.24) is 5.32 Å². The molecule has 1 N–H and O–H groups in total. The molecular weight excluding hydrogens is 246 g/mol. The van der Waals surface area contributed by atoms with Crippen LogP contribution >= 0.6 is 0 Å². The van der Waals surface area contributed by atoms with Crippen LogP contribution in [0.5, 0.6) is 5.75 Å². The minimum absolute atomic E-state index is 0.321. The fourth-order valence-corrected chi connectivity index (χ4v) is 2.45. The standard InChI is InChI=1S/C18H23NO/c1-13-9-14(2)11-16(10-13)12-19-15(3)17-5-7-18(20-4)8-6-17/h5-11,15,19H,12H2,1-4H3/t15-/m0/s1. The maximum absolute atomic E-state index is 5.18. The molecule has 106 valence electrons. The monoisotopic (exact) mass is 269 g/mol. The lowest BCUT2D eigenvalue weighted by atomic mass is 10.1. The van der Waals surface area contributed by atoms with Crippen LogP contribution in [0.3, 0.4) is 0 Å². The number of benzene rings is 2. The maximum atomic E-state index is 5.18. The summed E-state index contributed by atoms with van der Waals surface area (Å²) in [5.74, 6) is 0.898. The molecule has 0 saturated heterocycles. The van der Waals surface area contributed by atoms with Gasteiger partial charge in [-0.05, 0) is 44.0 Å². The Morgan fingerprint density at radius 2 is 1.60 bits per heavy atom. The van der Waals surface area contributed by atoms with E-state index in [4.69, 9.17) is 4.74 Å². The van der Waals surface area contributed by atoms with Gasteiger partial charge in [0.25, 0.3) is 0 Å². The topological polar surface area (TPSA) is 21.3 Å². The molecule has 0 aliphatic carbocycles. The fourth-order valence-electron chi connectivity index (χ4n) is 2.45. The predicted molar refractivity (Wildman–Crippen MR) is 84.2 cm³/mol. The van der Waals surface area contributed by atoms with Crippen molar-refractivity contribution in [3.05, 3.63) is 64.7 Å². The number of methoxy groups -OCH3 is 1. The number of hydrogen-bond acceptors (Lipinski definition) is 2. The van der Waals surface area contributed by atoms with Gasteiger partial charge in [-0.3, -0.25) is 0 Å². The Hall–Kier alpha value is -1.80. The lowest BCUT2D eigenvalue weighted by Crippen LogP contribution is -2.18. The van der Waals surface area contributed by atoms with Crippen molar-refractivity contribution in [3.63, 3.8) is 0 Å². The molecule has 0 radical (unpaired) electrons. The van der Waals surface area contributed by atoms with Crippen molar-refractivity contribution in [2.75, 3.05) is 7.11 Å². The summed E-state index contributed by atoms with van der Waals surface area (Å²) in [6.45, 7) is 7.35. The largest absolute Gasteiger partial charge is 0.497 e. The zero-order valence-electron chi connectivity index (χ0n) is 12.7. The van der Waals surface area contributed by atoms with Gasteiger partial charge in [0.15, 0.2) is 0 Å². The highest BCUT2D eigenvalue weighted by atomic mass is 16.5. The first-order chi connectivity index (χ1) is 9.58. The van der Waals surface area contributed by atoms with Crippen LogP contribution < -0.4 is 10.1 Å². The number of aryl methyl sites for hydroxylation is 2. The van der Waals surface area contributed by atoms with E-state index in [1.807, 2.05) is 12.1 Å². The molecule has 0 fully saturated rings. The van der Waals surface area contributed by atoms with Crippen LogP contribution in [0.15, 0.2) is 42.5 Å². The van der Waals surface area contributed by atoms with Crippen LogP contribution in [0, 0.1) is 13.8 Å². The normalized spacial score (nSPS) is 12.2. The van der Waals surface area contributed by atoms with E-state index in [-0.39, 0.29) is 0 Å². The van der Waals surface area contributed by atoms with Crippen LogP contribution in [0.2, 0.25) is 0 Å². The number of ether oxygens (including phenoxy) is 1. The highest BCUT2D eigenvalue weighted by Crippen LogP contribution is 2.18. The molecule has 0 aliphatic rings. The minimum atomic E-state index is 0.321. The van der Waals surface area contributed by atoms with Crippen molar-refractivity contribution in [1.29, 1.82) is 0 Å². The smallest absolute Gasteiger partial charge is 0.118 e. The molecule has 0 heterocycles. The third-order valence-electron chi connectivity index (χ3n) is 3.51. The summed E-state index contributed by atoms with van der Waals surface area (Å²) in [7, 11) is 1.69. The molecule has 0 spiro atoms. The SMILES string of the molecule is COc1ccc([C@H](C)NCc2cc(C)cc(C)c2)cc1. The molecule has 2 nitrogen and oxygen atoms in total. The third kappa shape index (κ3) is 3.84. The van der Waals surface area contributed by atoms with Crippen molar-refractivity contribution in [2.45, 2.75) is 33.4 Å². The molecule has 2 heteroatoms. The Morgan fingerprint density at radius 3 is 2.15 bits per heavy atom. The van der Waals surface area contributed by atoms with Crippen molar-refractivity contribution < 1.29 is 4.74 Å². The third-order valence-corrected chi connectivity index (χ3v) is 3.51. The Bertz CT molecular complexity index is 540.